The van der Waals surface area contributed by atoms with E-state index >= 15 is 0 Å². The molecule has 1 heterocycles. The molecule has 99 heavy (non-hydrogen) atoms. The zero-order valence-electron chi connectivity index (χ0n) is 58.8. The topological polar surface area (TPSA) is 326 Å². The molecule has 1 aliphatic heterocycles. The van der Waals surface area contributed by atoms with Gasteiger partial charge in [0.05, 0.1) is 77.7 Å². The number of nitrogens with two attached hydrogens (primary N) is 1. The van der Waals surface area contributed by atoms with Crippen molar-refractivity contribution in [1.29, 1.82) is 0 Å². The fraction of sp³-hybridized carbons (Fsp3) is 0.653. The second kappa shape index (κ2) is 37.6. The van der Waals surface area contributed by atoms with Gasteiger partial charge in [-0.25, -0.2) is 9.59 Å². The number of hydrogen-bond acceptors (Lipinski definition) is 18. The van der Waals surface area contributed by atoms with E-state index in [0.717, 1.165) is 56.1 Å². The van der Waals surface area contributed by atoms with E-state index in [0.29, 0.717) is 120 Å². The van der Waals surface area contributed by atoms with Crippen LogP contribution in [-0.4, -0.2) is 175 Å². The smallest absolute Gasteiger partial charge is 0.407 e. The second-order valence-corrected chi connectivity index (χ2v) is 28.0. The Morgan fingerprint density at radius 3 is 2.08 bits per heavy atom. The number of Topliss-reactive ketones (excluding diaryl/α,β-unsaturated/α-hetero) is 2. The van der Waals surface area contributed by atoms with Crippen molar-refractivity contribution in [2.75, 3.05) is 104 Å². The van der Waals surface area contributed by atoms with Gasteiger partial charge in [0.15, 0.2) is 23.5 Å². The highest BCUT2D eigenvalue weighted by Gasteiger charge is 2.76. The minimum atomic E-state index is -1.23. The summed E-state index contributed by atoms with van der Waals surface area (Å²) in [6, 6.07) is 12.8. The fourth-order valence-electron chi connectivity index (χ4n) is 15.9. The molecule has 0 bridgehead atoms. The molecule has 8 N–H and O–H groups in total. The molecule has 4 saturated carbocycles. The predicted molar refractivity (Wildman–Crippen MR) is 369 cm³/mol. The van der Waals surface area contributed by atoms with E-state index in [1.807, 2.05) is 39.0 Å². The molecule has 13 atom stereocenters. The van der Waals surface area contributed by atoms with E-state index in [1.54, 1.807) is 48.6 Å². The summed E-state index contributed by atoms with van der Waals surface area (Å²) in [6.07, 6.45) is 12.5. The van der Waals surface area contributed by atoms with Crippen molar-refractivity contribution in [2.45, 2.75) is 162 Å². The first-order valence-electron chi connectivity index (χ1n) is 35.5. The molecule has 1 saturated heterocycles. The number of aliphatic hydroxyl groups is 1. The molecule has 6 aliphatic carbocycles. The minimum Gasteiger partial charge on any atom is -0.486 e. The zero-order valence-corrected chi connectivity index (χ0v) is 58.8. The molecule has 24 nitrogen and oxygen atoms in total. The maximum atomic E-state index is 14.4. The Balaban J connectivity index is 0.000000260. The highest BCUT2D eigenvalue weighted by molar-refractivity contribution is 6.01. The SMILES string of the molecule is CCCC1O[C@@H]2C[C@H]3[C@@H]4CCC5=CC(=O)C=C[C@]5(C)[C@H]4[C@@H](O)C[C@]3(C)[C@]2(C(=O)COc2ccc(NC(=O)COC)cc2)O1.Cc1ccc(NC(=O)[C@H](CCCNC(N)=O)CC(=O)[C@@H](NC(=O)CCOCCOCCOCCOCCNC(=O)OCC2C3CCC#CCCC32)C(C)C)cc1. The van der Waals surface area contributed by atoms with E-state index in [9.17, 15) is 43.5 Å². The van der Waals surface area contributed by atoms with E-state index in [4.69, 9.17) is 48.4 Å². The summed E-state index contributed by atoms with van der Waals surface area (Å²) in [5.74, 6) is 6.67. The number of methoxy groups -OCH3 is 1. The summed E-state index contributed by atoms with van der Waals surface area (Å²) < 4.78 is 51.5. The van der Waals surface area contributed by atoms with E-state index < -0.39 is 59.0 Å². The number of carbonyl (C=O) groups is 8. The number of aryl methyl sites for hydroxylation is 1. The molecule has 0 radical (unpaired) electrons. The first-order chi connectivity index (χ1) is 47.6. The molecule has 24 heteroatoms. The number of allylic oxidation sites excluding steroid dienone is 4. The molecular formula is C75H106N6O18. The van der Waals surface area contributed by atoms with Gasteiger partial charge in [0.25, 0.3) is 0 Å². The number of carbonyl (C=O) groups excluding carboxylic acids is 8. The van der Waals surface area contributed by atoms with Gasteiger partial charge in [-0.1, -0.05) is 70.4 Å². The molecule has 9 rings (SSSR count). The standard InChI is InChI=1S/C41H63N5O10.C34H43NO8/c1-29(2)38(36(47)27-31(9-8-17-43-40(42)50)39(49)45-32-14-12-30(3)13-15-32)46-37(48)16-19-52-21-23-54-25-26-55-24-22-53-20-18-44-41(51)56-28-35-33-10-6-4-5-7-11-34(33)35;1-5-6-30-42-28-16-25-24-12-7-20-15-22(36)13-14-32(20,2)31(24)26(37)17-33(25,3)34(28,43-30)27(38)18-41-23-10-8-21(9-11-23)35-29(39)19-40-4/h12-15,29,31,33-35,38H,6-11,16-28H2,1-3H3,(H,44,51)(H,45,49)(H,46,48)(H3,42,43,50);8-11,13-15,24-26,28,30-31,37H,5-7,12,16-19H2,1-4H3,(H,35,39)/t31-,33?,34?,35?,38+;24-,25-,26-,28+,30?,31+,32-,33-,34+/m10/s1. The number of rotatable bonds is 37. The van der Waals surface area contributed by atoms with Crippen LogP contribution in [-0.2, 0) is 66.7 Å². The normalized spacial score (nSPS) is 27.3. The Labute approximate surface area is 582 Å². The predicted octanol–water partition coefficient (Wildman–Crippen LogP) is 8.11. The Hall–Kier alpha value is -7.08. The molecule has 0 spiro atoms. The highest BCUT2D eigenvalue weighted by Crippen LogP contribution is 2.70. The number of fused-ring (bicyclic) bond motifs is 8. The summed E-state index contributed by atoms with van der Waals surface area (Å²) in [5, 5.41) is 25.5. The lowest BCUT2D eigenvalue weighted by molar-refractivity contribution is -0.200. The number of alkyl carbamates (subject to hydrolysis) is 1. The van der Waals surface area contributed by atoms with Crippen LogP contribution in [0.5, 0.6) is 5.75 Å². The number of benzene rings is 2. The van der Waals surface area contributed by atoms with Crippen LogP contribution in [0, 0.1) is 76.9 Å². The number of ketones is 3. The summed E-state index contributed by atoms with van der Waals surface area (Å²) >= 11 is 0. The van der Waals surface area contributed by atoms with Crippen molar-refractivity contribution in [3.05, 3.63) is 77.9 Å². The van der Waals surface area contributed by atoms with Crippen molar-refractivity contribution in [2.24, 2.45) is 63.9 Å². The first kappa shape index (κ1) is 77.7. The maximum Gasteiger partial charge on any atom is 0.407 e. The van der Waals surface area contributed by atoms with Crippen LogP contribution in [0.15, 0.2) is 72.3 Å². The Bertz CT molecular complexity index is 3170. The number of urea groups is 1. The van der Waals surface area contributed by atoms with Gasteiger partial charge in [-0.15, -0.1) is 11.8 Å². The average Bonchev–Trinajstić information content (AvgIpc) is 1.54. The molecule has 7 aliphatic rings. The lowest BCUT2D eigenvalue weighted by Crippen LogP contribution is -2.63. The van der Waals surface area contributed by atoms with Crippen molar-refractivity contribution in [3.8, 4) is 17.6 Å². The van der Waals surface area contributed by atoms with Gasteiger partial charge in [-0.05, 0) is 149 Å². The van der Waals surface area contributed by atoms with Crippen LogP contribution < -0.4 is 37.1 Å². The van der Waals surface area contributed by atoms with Crippen molar-refractivity contribution < 1.29 is 86.1 Å². The van der Waals surface area contributed by atoms with Gasteiger partial charge in [-0.3, -0.25) is 28.8 Å². The largest absolute Gasteiger partial charge is 0.486 e. The van der Waals surface area contributed by atoms with Crippen molar-refractivity contribution >= 4 is 58.6 Å². The van der Waals surface area contributed by atoms with Crippen molar-refractivity contribution in [1.82, 2.24) is 16.0 Å². The minimum absolute atomic E-state index is 0.00950. The van der Waals surface area contributed by atoms with E-state index in [-0.39, 0.29) is 105 Å². The lowest BCUT2D eigenvalue weighted by Gasteiger charge is -2.59. The molecule has 544 valence electrons. The van der Waals surface area contributed by atoms with Crippen LogP contribution in [0.4, 0.5) is 21.0 Å². The molecule has 3 unspecified atom stereocenters. The summed E-state index contributed by atoms with van der Waals surface area (Å²) in [6.45, 7) is 15.5. The third-order valence-corrected chi connectivity index (χ3v) is 20.9. The Morgan fingerprint density at radius 2 is 1.43 bits per heavy atom. The quantitative estimate of drug-likeness (QED) is 0.0248. The van der Waals surface area contributed by atoms with Gasteiger partial charge in [-0.2, -0.15) is 0 Å². The third-order valence-electron chi connectivity index (χ3n) is 20.9. The number of primary amides is 1. The van der Waals surface area contributed by atoms with Gasteiger partial charge in [0.2, 0.25) is 23.5 Å². The second-order valence-electron chi connectivity index (χ2n) is 28.0. The fourth-order valence-corrected chi connectivity index (χ4v) is 15.9. The number of hydrogen-bond donors (Lipinski definition) is 7. The van der Waals surface area contributed by atoms with Gasteiger partial charge in [0, 0.05) is 79.9 Å². The van der Waals surface area contributed by atoms with Crippen LogP contribution in [0.1, 0.15) is 130 Å². The van der Waals surface area contributed by atoms with Gasteiger partial charge in [0.1, 0.15) is 19.0 Å². The molecule has 6 amide bonds. The molecule has 2 aromatic carbocycles. The monoisotopic (exact) mass is 1380 g/mol. The van der Waals surface area contributed by atoms with Crippen molar-refractivity contribution in [3.63, 3.8) is 0 Å². The summed E-state index contributed by atoms with van der Waals surface area (Å²) in [5.41, 5.74) is 6.25. The first-order valence-corrected chi connectivity index (χ1v) is 35.5. The molecule has 2 aromatic rings. The van der Waals surface area contributed by atoms with Gasteiger partial charge >= 0.3 is 12.1 Å². The van der Waals surface area contributed by atoms with E-state index in [1.165, 1.54) is 7.11 Å². The molecule has 0 aromatic heterocycles. The molecule has 5 fully saturated rings. The number of nitrogens with one attached hydrogen (secondary N) is 5. The van der Waals surface area contributed by atoms with Crippen LogP contribution in [0.3, 0.4) is 0 Å². The molecular weight excluding hydrogens is 1270 g/mol. The number of ether oxygens (including phenoxy) is 9. The zero-order chi connectivity index (χ0) is 71.1. The van der Waals surface area contributed by atoms with Crippen LogP contribution >= 0.6 is 0 Å². The number of aliphatic hydroxyl groups excluding tert-OH is 1. The van der Waals surface area contributed by atoms with E-state index in [2.05, 4.69) is 59.2 Å². The number of amides is 6. The Morgan fingerprint density at radius 1 is 0.788 bits per heavy atom. The lowest BCUT2D eigenvalue weighted by atomic mass is 9.46. The average molecular weight is 1380 g/mol. The maximum absolute atomic E-state index is 14.4. The van der Waals surface area contributed by atoms with Gasteiger partial charge < -0.3 is 80.1 Å². The van der Waals surface area contributed by atoms with Crippen LogP contribution in [0.2, 0.25) is 0 Å². The Kier molecular flexibility index (Phi) is 29.5. The summed E-state index contributed by atoms with van der Waals surface area (Å²) in [7, 11) is 1.46. The van der Waals surface area contributed by atoms with Crippen LogP contribution in [0.25, 0.3) is 0 Å². The summed E-state index contributed by atoms with van der Waals surface area (Å²) in [4.78, 5) is 101. The number of anilines is 2. The highest BCUT2D eigenvalue weighted by atomic mass is 16.7. The third kappa shape index (κ3) is 21.0.